The van der Waals surface area contributed by atoms with Crippen molar-refractivity contribution in [3.8, 4) is 0 Å². The number of nitrogens with one attached hydrogen (secondary N) is 1. The Morgan fingerprint density at radius 1 is 1.29 bits per heavy atom. The van der Waals surface area contributed by atoms with E-state index in [1.165, 1.54) is 5.39 Å². The molecule has 1 fully saturated rings. The van der Waals surface area contributed by atoms with Crippen LogP contribution in [0.3, 0.4) is 0 Å². The van der Waals surface area contributed by atoms with Crippen molar-refractivity contribution in [1.29, 1.82) is 0 Å². The summed E-state index contributed by atoms with van der Waals surface area (Å²) in [6, 6.07) is 4.15. The summed E-state index contributed by atoms with van der Waals surface area (Å²) >= 11 is 6.13. The van der Waals surface area contributed by atoms with Gasteiger partial charge >= 0.3 is 0 Å². The lowest BCUT2D eigenvalue weighted by Gasteiger charge is -2.21. The van der Waals surface area contributed by atoms with Gasteiger partial charge < -0.3 is 9.73 Å². The summed E-state index contributed by atoms with van der Waals surface area (Å²) < 4.78 is 5.78. The van der Waals surface area contributed by atoms with E-state index in [0.717, 1.165) is 47.7 Å². The number of piperidine rings is 1. The van der Waals surface area contributed by atoms with Gasteiger partial charge in [0.25, 0.3) is 0 Å². The van der Waals surface area contributed by atoms with E-state index in [0.29, 0.717) is 5.92 Å². The Morgan fingerprint density at radius 2 is 2.06 bits per heavy atom. The van der Waals surface area contributed by atoms with E-state index in [9.17, 15) is 0 Å². The molecule has 3 rings (SSSR count). The maximum atomic E-state index is 6.13. The molecular formula is C14H16ClNO. The Labute approximate surface area is 106 Å². The lowest BCUT2D eigenvalue weighted by atomic mass is 9.93. The van der Waals surface area contributed by atoms with Gasteiger partial charge in [-0.25, -0.2) is 0 Å². The third kappa shape index (κ3) is 1.96. The molecule has 0 bridgehead atoms. The molecule has 0 saturated carbocycles. The first-order valence-electron chi connectivity index (χ1n) is 6.13. The number of fused-ring (bicyclic) bond motifs is 1. The highest BCUT2D eigenvalue weighted by atomic mass is 35.5. The fourth-order valence-corrected chi connectivity index (χ4v) is 2.77. The third-order valence-electron chi connectivity index (χ3n) is 3.62. The van der Waals surface area contributed by atoms with Crippen molar-refractivity contribution in [3.05, 3.63) is 34.7 Å². The third-order valence-corrected chi connectivity index (χ3v) is 4.03. The van der Waals surface area contributed by atoms with E-state index in [-0.39, 0.29) is 0 Å². The average Bonchev–Trinajstić information content (AvgIpc) is 2.74. The maximum absolute atomic E-state index is 6.13. The van der Waals surface area contributed by atoms with Crippen LogP contribution >= 0.6 is 11.6 Å². The number of furan rings is 1. The van der Waals surface area contributed by atoms with Crippen LogP contribution in [-0.4, -0.2) is 13.1 Å². The second kappa shape index (κ2) is 4.35. The zero-order chi connectivity index (χ0) is 11.8. The molecular weight excluding hydrogens is 234 g/mol. The molecule has 0 amide bonds. The van der Waals surface area contributed by atoms with Gasteiger partial charge in [-0.3, -0.25) is 0 Å². The van der Waals surface area contributed by atoms with Crippen LogP contribution in [-0.2, 0) is 0 Å². The van der Waals surface area contributed by atoms with Crippen molar-refractivity contribution < 1.29 is 4.42 Å². The number of halogens is 1. The molecule has 1 saturated heterocycles. The fraction of sp³-hybridized carbons (Fsp3) is 0.429. The first kappa shape index (κ1) is 11.1. The monoisotopic (exact) mass is 249 g/mol. The zero-order valence-corrected chi connectivity index (χ0v) is 10.7. The lowest BCUT2D eigenvalue weighted by molar-refractivity contribution is 0.389. The van der Waals surface area contributed by atoms with Crippen molar-refractivity contribution in [2.45, 2.75) is 25.7 Å². The number of aryl methyl sites for hydroxylation is 1. The highest BCUT2D eigenvalue weighted by Crippen LogP contribution is 2.35. The molecule has 2 heterocycles. The van der Waals surface area contributed by atoms with Crippen molar-refractivity contribution in [1.82, 2.24) is 5.32 Å². The van der Waals surface area contributed by atoms with E-state index in [1.807, 2.05) is 19.3 Å². The summed E-state index contributed by atoms with van der Waals surface area (Å²) in [4.78, 5) is 0. The summed E-state index contributed by atoms with van der Waals surface area (Å²) in [6.45, 7) is 4.21. The lowest BCUT2D eigenvalue weighted by Crippen LogP contribution is -2.26. The second-order valence-electron chi connectivity index (χ2n) is 4.81. The molecule has 0 spiro atoms. The standard InChI is InChI=1S/C14H16ClNO/c1-9-6-12-11(7-13(9)15)8-17-14(12)10-2-4-16-5-3-10/h6-8,10,16H,2-5H2,1H3. The van der Waals surface area contributed by atoms with E-state index in [4.69, 9.17) is 16.0 Å². The summed E-state index contributed by atoms with van der Waals surface area (Å²) in [5.41, 5.74) is 1.12. The number of benzene rings is 1. The van der Waals surface area contributed by atoms with Gasteiger partial charge in [0.1, 0.15) is 5.76 Å². The topological polar surface area (TPSA) is 25.2 Å². The summed E-state index contributed by atoms with van der Waals surface area (Å²) in [7, 11) is 0. The average molecular weight is 250 g/mol. The van der Waals surface area contributed by atoms with Crippen LogP contribution < -0.4 is 5.32 Å². The predicted octanol–water partition coefficient (Wildman–Crippen LogP) is 3.86. The maximum Gasteiger partial charge on any atom is 0.114 e. The van der Waals surface area contributed by atoms with E-state index in [2.05, 4.69) is 11.4 Å². The van der Waals surface area contributed by atoms with Gasteiger partial charge in [0.2, 0.25) is 0 Å². The molecule has 0 atom stereocenters. The molecule has 1 aromatic heterocycles. The van der Waals surface area contributed by atoms with Crippen LogP contribution in [0.5, 0.6) is 0 Å². The molecule has 90 valence electrons. The molecule has 0 aliphatic carbocycles. The van der Waals surface area contributed by atoms with Crippen molar-refractivity contribution in [3.63, 3.8) is 0 Å². The Bertz CT molecular complexity index is 540. The smallest absolute Gasteiger partial charge is 0.114 e. The largest absolute Gasteiger partial charge is 0.468 e. The Hall–Kier alpha value is -0.990. The van der Waals surface area contributed by atoms with Crippen LogP contribution in [0.25, 0.3) is 10.8 Å². The highest BCUT2D eigenvalue weighted by Gasteiger charge is 2.21. The summed E-state index contributed by atoms with van der Waals surface area (Å²) in [5, 5.41) is 6.55. The Balaban J connectivity index is 2.07. The van der Waals surface area contributed by atoms with Crippen LogP contribution in [0.1, 0.15) is 30.1 Å². The van der Waals surface area contributed by atoms with Gasteiger partial charge in [0.15, 0.2) is 0 Å². The molecule has 2 aromatic rings. The highest BCUT2D eigenvalue weighted by molar-refractivity contribution is 6.32. The fourth-order valence-electron chi connectivity index (χ4n) is 2.60. The minimum atomic E-state index is 0.550. The van der Waals surface area contributed by atoms with Gasteiger partial charge in [-0.05, 0) is 50.6 Å². The quantitative estimate of drug-likeness (QED) is 0.830. The minimum Gasteiger partial charge on any atom is -0.468 e. The molecule has 1 N–H and O–H groups in total. The van der Waals surface area contributed by atoms with Gasteiger partial charge in [-0.2, -0.15) is 0 Å². The van der Waals surface area contributed by atoms with Crippen molar-refractivity contribution in [2.24, 2.45) is 0 Å². The van der Waals surface area contributed by atoms with Gasteiger partial charge in [0.05, 0.1) is 6.26 Å². The van der Waals surface area contributed by atoms with Crippen LogP contribution in [0.15, 0.2) is 22.8 Å². The zero-order valence-electron chi connectivity index (χ0n) is 9.92. The number of hydrogen-bond acceptors (Lipinski definition) is 2. The first-order valence-corrected chi connectivity index (χ1v) is 6.51. The molecule has 2 nitrogen and oxygen atoms in total. The summed E-state index contributed by atoms with van der Waals surface area (Å²) in [6.07, 6.45) is 4.15. The molecule has 1 aliphatic rings. The summed E-state index contributed by atoms with van der Waals surface area (Å²) in [5.74, 6) is 1.69. The van der Waals surface area contributed by atoms with Crippen LogP contribution in [0, 0.1) is 6.92 Å². The molecule has 3 heteroatoms. The van der Waals surface area contributed by atoms with E-state index >= 15 is 0 Å². The molecule has 0 unspecified atom stereocenters. The van der Waals surface area contributed by atoms with Crippen LogP contribution in [0.4, 0.5) is 0 Å². The van der Waals surface area contributed by atoms with Crippen molar-refractivity contribution in [2.75, 3.05) is 13.1 Å². The van der Waals surface area contributed by atoms with Crippen molar-refractivity contribution >= 4 is 22.4 Å². The van der Waals surface area contributed by atoms with E-state index in [1.54, 1.807) is 0 Å². The predicted molar refractivity (Wildman–Crippen MR) is 70.8 cm³/mol. The minimum absolute atomic E-state index is 0.550. The SMILES string of the molecule is Cc1cc2c(C3CCNCC3)occ2cc1Cl. The van der Waals surface area contributed by atoms with Gasteiger partial charge in [-0.15, -0.1) is 0 Å². The van der Waals surface area contributed by atoms with Gasteiger partial charge in [-0.1, -0.05) is 11.6 Å². The Morgan fingerprint density at radius 3 is 2.82 bits per heavy atom. The first-order chi connectivity index (χ1) is 8.25. The number of hydrogen-bond donors (Lipinski definition) is 1. The molecule has 1 aromatic carbocycles. The normalized spacial score (nSPS) is 17.8. The van der Waals surface area contributed by atoms with Gasteiger partial charge in [0, 0.05) is 21.7 Å². The molecule has 0 radical (unpaired) electrons. The van der Waals surface area contributed by atoms with E-state index < -0.39 is 0 Å². The second-order valence-corrected chi connectivity index (χ2v) is 5.22. The Kier molecular flexibility index (Phi) is 2.85. The van der Waals surface area contributed by atoms with Crippen LogP contribution in [0.2, 0.25) is 5.02 Å². The molecule has 17 heavy (non-hydrogen) atoms. The number of rotatable bonds is 1. The molecule has 1 aliphatic heterocycles.